The summed E-state index contributed by atoms with van der Waals surface area (Å²) >= 11 is 0. The second-order valence-corrected chi connectivity index (χ2v) is 5.19. The van der Waals surface area contributed by atoms with Crippen LogP contribution in [0.1, 0.15) is 5.56 Å². The average Bonchev–Trinajstić information content (AvgIpc) is 3.33. The Morgan fingerprint density at radius 2 is 2.04 bits per heavy atom. The zero-order valence-corrected chi connectivity index (χ0v) is 12.7. The fraction of sp³-hybridized carbons (Fsp3) is 0.0588. The van der Waals surface area contributed by atoms with Crippen molar-refractivity contribution in [3.63, 3.8) is 0 Å². The summed E-state index contributed by atoms with van der Waals surface area (Å²) in [5, 5.41) is 18.2. The van der Waals surface area contributed by atoms with Gasteiger partial charge in [-0.05, 0) is 30.3 Å². The van der Waals surface area contributed by atoms with Crippen LogP contribution in [-0.4, -0.2) is 25.4 Å². The first-order valence-corrected chi connectivity index (χ1v) is 7.43. The monoisotopic (exact) mass is 318 g/mol. The van der Waals surface area contributed by atoms with Crippen LogP contribution in [0.5, 0.6) is 0 Å². The van der Waals surface area contributed by atoms with Gasteiger partial charge in [-0.2, -0.15) is 5.10 Å². The van der Waals surface area contributed by atoms with Crippen LogP contribution in [0.2, 0.25) is 0 Å². The van der Waals surface area contributed by atoms with E-state index < -0.39 is 0 Å². The van der Waals surface area contributed by atoms with E-state index in [-0.39, 0.29) is 0 Å². The lowest BCUT2D eigenvalue weighted by Crippen LogP contribution is -2.00. The van der Waals surface area contributed by atoms with Gasteiger partial charge in [0.05, 0.1) is 11.9 Å². The van der Waals surface area contributed by atoms with Gasteiger partial charge in [-0.3, -0.25) is 10.1 Å². The highest BCUT2D eigenvalue weighted by Crippen LogP contribution is 2.23. The Morgan fingerprint density at radius 3 is 2.88 bits per heavy atom. The molecule has 7 heteroatoms. The number of hydrogen-bond donors (Lipinski definition) is 2. The standard InChI is InChI=1S/C17H14N6O/c1-3-12(17-23-21-11-24-17)7-15(5-1)19-9-14-10-20-22-16(14)13-4-2-6-18-8-13/h1-8,10-11,19H,9H2,(H,20,22). The molecule has 4 aromatic rings. The molecule has 0 aliphatic carbocycles. The van der Waals surface area contributed by atoms with E-state index >= 15 is 0 Å². The van der Waals surface area contributed by atoms with Gasteiger partial charge >= 0.3 is 0 Å². The number of aromatic nitrogens is 5. The Kier molecular flexibility index (Phi) is 3.73. The van der Waals surface area contributed by atoms with Gasteiger partial charge in [0.25, 0.3) is 0 Å². The largest absolute Gasteiger partial charge is 0.423 e. The molecule has 0 aliphatic heterocycles. The summed E-state index contributed by atoms with van der Waals surface area (Å²) in [6.07, 6.45) is 6.70. The van der Waals surface area contributed by atoms with Gasteiger partial charge in [-0.1, -0.05) is 6.07 Å². The van der Waals surface area contributed by atoms with E-state index in [4.69, 9.17) is 4.42 Å². The number of hydrogen-bond acceptors (Lipinski definition) is 6. The molecule has 0 unspecified atom stereocenters. The number of rotatable bonds is 5. The Hall–Kier alpha value is -3.48. The maximum atomic E-state index is 5.23. The third-order valence-electron chi connectivity index (χ3n) is 3.62. The van der Waals surface area contributed by atoms with Crippen molar-refractivity contribution in [2.24, 2.45) is 0 Å². The Morgan fingerprint density at radius 1 is 1.08 bits per heavy atom. The maximum absolute atomic E-state index is 5.23. The van der Waals surface area contributed by atoms with E-state index in [1.165, 1.54) is 6.39 Å². The summed E-state index contributed by atoms with van der Waals surface area (Å²) in [7, 11) is 0. The molecule has 24 heavy (non-hydrogen) atoms. The minimum absolute atomic E-state index is 0.498. The second kappa shape index (κ2) is 6.33. The first-order chi connectivity index (χ1) is 11.9. The zero-order chi connectivity index (χ0) is 16.2. The molecule has 0 amide bonds. The molecule has 7 nitrogen and oxygen atoms in total. The maximum Gasteiger partial charge on any atom is 0.247 e. The van der Waals surface area contributed by atoms with Gasteiger partial charge in [0.15, 0.2) is 0 Å². The van der Waals surface area contributed by atoms with Gasteiger partial charge in [0.2, 0.25) is 12.3 Å². The van der Waals surface area contributed by atoms with Crippen molar-refractivity contribution in [3.8, 4) is 22.7 Å². The van der Waals surface area contributed by atoms with E-state index in [0.29, 0.717) is 12.4 Å². The van der Waals surface area contributed by atoms with Crippen LogP contribution in [-0.2, 0) is 6.54 Å². The Labute approximate surface area is 137 Å². The van der Waals surface area contributed by atoms with Crippen LogP contribution in [0.25, 0.3) is 22.7 Å². The summed E-state index contributed by atoms with van der Waals surface area (Å²) in [5.41, 5.74) is 4.86. The van der Waals surface area contributed by atoms with Crippen molar-refractivity contribution in [2.45, 2.75) is 6.54 Å². The van der Waals surface area contributed by atoms with Crippen LogP contribution in [0.15, 0.2) is 65.8 Å². The van der Waals surface area contributed by atoms with Gasteiger partial charge in [0.1, 0.15) is 0 Å². The molecule has 4 rings (SSSR count). The molecular weight excluding hydrogens is 304 g/mol. The van der Waals surface area contributed by atoms with E-state index in [1.807, 2.05) is 48.8 Å². The smallest absolute Gasteiger partial charge is 0.247 e. The molecule has 0 fully saturated rings. The van der Waals surface area contributed by atoms with E-state index in [1.54, 1.807) is 6.20 Å². The predicted molar refractivity (Wildman–Crippen MR) is 88.9 cm³/mol. The summed E-state index contributed by atoms with van der Waals surface area (Å²) in [6, 6.07) is 11.7. The molecule has 0 bridgehead atoms. The quantitative estimate of drug-likeness (QED) is 0.587. The average molecular weight is 318 g/mol. The van der Waals surface area contributed by atoms with Crippen molar-refractivity contribution in [1.82, 2.24) is 25.4 Å². The van der Waals surface area contributed by atoms with Gasteiger partial charge in [-0.15, -0.1) is 10.2 Å². The number of H-pyrrole nitrogens is 1. The SMILES string of the molecule is c1cc(NCc2cn[nH]c2-c2cccnc2)cc(-c2nnco2)c1. The molecular formula is C17H14N6O. The van der Waals surface area contributed by atoms with Gasteiger partial charge in [0, 0.05) is 41.3 Å². The van der Waals surface area contributed by atoms with Gasteiger partial charge < -0.3 is 9.73 Å². The van der Waals surface area contributed by atoms with Gasteiger partial charge in [-0.25, -0.2) is 0 Å². The molecule has 0 spiro atoms. The van der Waals surface area contributed by atoms with Crippen LogP contribution < -0.4 is 5.32 Å². The van der Waals surface area contributed by atoms with Crippen molar-refractivity contribution in [1.29, 1.82) is 0 Å². The minimum Gasteiger partial charge on any atom is -0.423 e. The Balaban J connectivity index is 1.52. The molecule has 0 saturated heterocycles. The Bertz CT molecular complexity index is 917. The zero-order valence-electron chi connectivity index (χ0n) is 12.7. The van der Waals surface area contributed by atoms with Crippen molar-refractivity contribution < 1.29 is 4.42 Å². The van der Waals surface area contributed by atoms with Crippen molar-refractivity contribution in [2.75, 3.05) is 5.32 Å². The second-order valence-electron chi connectivity index (χ2n) is 5.19. The summed E-state index contributed by atoms with van der Waals surface area (Å²) in [4.78, 5) is 4.15. The first-order valence-electron chi connectivity index (χ1n) is 7.43. The lowest BCUT2D eigenvalue weighted by Gasteiger charge is -2.08. The van der Waals surface area contributed by atoms with E-state index in [0.717, 1.165) is 28.1 Å². The molecule has 0 radical (unpaired) electrons. The molecule has 118 valence electrons. The molecule has 0 atom stereocenters. The molecule has 3 aromatic heterocycles. The summed E-state index contributed by atoms with van der Waals surface area (Å²) in [5.74, 6) is 0.498. The number of pyridine rings is 1. The number of nitrogens with zero attached hydrogens (tertiary/aromatic N) is 4. The molecule has 1 aromatic carbocycles. The van der Waals surface area contributed by atoms with E-state index in [2.05, 4.69) is 30.7 Å². The molecule has 2 N–H and O–H groups in total. The predicted octanol–water partition coefficient (Wildman–Crippen LogP) is 3.13. The van der Waals surface area contributed by atoms with Crippen LogP contribution in [0.3, 0.4) is 0 Å². The highest BCUT2D eigenvalue weighted by atomic mass is 16.4. The number of nitrogens with one attached hydrogen (secondary N) is 2. The topological polar surface area (TPSA) is 92.5 Å². The highest BCUT2D eigenvalue weighted by molar-refractivity contribution is 5.63. The molecule has 0 saturated carbocycles. The lowest BCUT2D eigenvalue weighted by molar-refractivity contribution is 0.568. The van der Waals surface area contributed by atoms with Crippen molar-refractivity contribution in [3.05, 3.63) is 66.9 Å². The highest BCUT2D eigenvalue weighted by Gasteiger charge is 2.08. The van der Waals surface area contributed by atoms with Crippen LogP contribution in [0, 0.1) is 0 Å². The van der Waals surface area contributed by atoms with E-state index in [9.17, 15) is 0 Å². The van der Waals surface area contributed by atoms with Crippen molar-refractivity contribution >= 4 is 5.69 Å². The fourth-order valence-electron chi connectivity index (χ4n) is 2.46. The molecule has 0 aliphatic rings. The number of aromatic amines is 1. The van der Waals surface area contributed by atoms with Crippen LogP contribution >= 0.6 is 0 Å². The number of anilines is 1. The normalized spacial score (nSPS) is 10.7. The fourth-order valence-corrected chi connectivity index (χ4v) is 2.46. The third-order valence-corrected chi connectivity index (χ3v) is 3.62. The summed E-state index contributed by atoms with van der Waals surface area (Å²) in [6.45, 7) is 0.633. The number of benzene rings is 1. The lowest BCUT2D eigenvalue weighted by atomic mass is 10.1. The summed E-state index contributed by atoms with van der Waals surface area (Å²) < 4.78 is 5.23. The minimum atomic E-state index is 0.498. The first kappa shape index (κ1) is 14.1. The molecule has 3 heterocycles. The van der Waals surface area contributed by atoms with Crippen LogP contribution in [0.4, 0.5) is 5.69 Å². The third kappa shape index (κ3) is 2.87.